The molecule has 1 aromatic heterocycles. The van der Waals surface area contributed by atoms with E-state index in [0.29, 0.717) is 23.8 Å². The number of benzene rings is 2. The van der Waals surface area contributed by atoms with Crippen molar-refractivity contribution in [2.45, 2.75) is 13.8 Å². The molecule has 0 aliphatic carbocycles. The number of rotatable bonds is 5. The van der Waals surface area contributed by atoms with Crippen molar-refractivity contribution in [2.24, 2.45) is 0 Å². The molecule has 6 heteroatoms. The lowest BCUT2D eigenvalue weighted by Crippen LogP contribution is -2.36. The Hall–Kier alpha value is -2.31. The summed E-state index contributed by atoms with van der Waals surface area (Å²) >= 11 is 1.49. The van der Waals surface area contributed by atoms with Crippen molar-refractivity contribution in [3.63, 3.8) is 0 Å². The third-order valence-electron chi connectivity index (χ3n) is 4.31. The molecule has 0 aliphatic rings. The van der Waals surface area contributed by atoms with E-state index >= 15 is 0 Å². The number of hydrogen-bond acceptors (Lipinski definition) is 4. The molecule has 0 N–H and O–H groups in total. The zero-order valence-corrected chi connectivity index (χ0v) is 16.2. The van der Waals surface area contributed by atoms with Gasteiger partial charge in [0.25, 0.3) is 5.91 Å². The summed E-state index contributed by atoms with van der Waals surface area (Å²) in [6, 6.07) is 9.94. The van der Waals surface area contributed by atoms with E-state index in [-0.39, 0.29) is 5.91 Å². The lowest BCUT2D eigenvalue weighted by atomic mass is 10.1. The first-order valence-electron chi connectivity index (χ1n) is 8.45. The molecule has 0 spiro atoms. The minimum absolute atomic E-state index is 0.237. The van der Waals surface area contributed by atoms with Gasteiger partial charge in [-0.15, -0.1) is 0 Å². The Labute approximate surface area is 156 Å². The van der Waals surface area contributed by atoms with Crippen LogP contribution in [0.5, 0.6) is 0 Å². The van der Waals surface area contributed by atoms with E-state index in [4.69, 9.17) is 0 Å². The Kier molecular flexibility index (Phi) is 5.34. The lowest BCUT2D eigenvalue weighted by Gasteiger charge is -2.22. The molecule has 0 radical (unpaired) electrons. The average Bonchev–Trinajstić information content (AvgIpc) is 2.97. The number of carbonyl (C=O) groups is 1. The summed E-state index contributed by atoms with van der Waals surface area (Å²) < 4.78 is 14.6. The van der Waals surface area contributed by atoms with Gasteiger partial charge in [0.2, 0.25) is 0 Å². The van der Waals surface area contributed by atoms with Crippen LogP contribution in [0.3, 0.4) is 0 Å². The summed E-state index contributed by atoms with van der Waals surface area (Å²) in [5, 5.41) is 0.640. The highest BCUT2D eigenvalue weighted by molar-refractivity contribution is 7.22. The summed E-state index contributed by atoms with van der Waals surface area (Å²) in [5.74, 6) is -0.655. The third-order valence-corrected chi connectivity index (χ3v) is 5.35. The second-order valence-electron chi connectivity index (χ2n) is 6.67. The van der Waals surface area contributed by atoms with Gasteiger partial charge in [0, 0.05) is 18.7 Å². The van der Waals surface area contributed by atoms with Crippen molar-refractivity contribution >= 4 is 32.6 Å². The Morgan fingerprint density at radius 1 is 1.12 bits per heavy atom. The fraction of sp³-hybridized carbons (Fsp3) is 0.300. The minimum atomic E-state index is -0.418. The van der Waals surface area contributed by atoms with Crippen LogP contribution < -0.4 is 4.90 Å². The van der Waals surface area contributed by atoms with Crippen molar-refractivity contribution in [1.82, 2.24) is 9.88 Å². The lowest BCUT2D eigenvalue weighted by molar-refractivity contribution is 0.0985. The largest absolute Gasteiger partial charge is 0.308 e. The number of halogens is 1. The molecule has 0 atom stereocenters. The van der Waals surface area contributed by atoms with Crippen LogP contribution in [0, 0.1) is 19.7 Å². The van der Waals surface area contributed by atoms with Crippen LogP contribution in [0.15, 0.2) is 36.4 Å². The molecule has 0 bridgehead atoms. The van der Waals surface area contributed by atoms with E-state index in [0.717, 1.165) is 10.2 Å². The maximum Gasteiger partial charge on any atom is 0.260 e. The summed E-state index contributed by atoms with van der Waals surface area (Å²) in [7, 11) is 3.91. The van der Waals surface area contributed by atoms with E-state index in [1.165, 1.54) is 34.6 Å². The molecule has 0 fully saturated rings. The number of fused-ring (bicyclic) bond motifs is 1. The van der Waals surface area contributed by atoms with Crippen LogP contribution >= 0.6 is 11.3 Å². The van der Waals surface area contributed by atoms with E-state index < -0.39 is 5.82 Å². The van der Waals surface area contributed by atoms with Gasteiger partial charge >= 0.3 is 0 Å². The second-order valence-corrected chi connectivity index (χ2v) is 7.68. The van der Waals surface area contributed by atoms with Gasteiger partial charge in [-0.3, -0.25) is 9.69 Å². The van der Waals surface area contributed by atoms with Crippen molar-refractivity contribution in [1.29, 1.82) is 0 Å². The molecule has 0 saturated carbocycles. The van der Waals surface area contributed by atoms with Gasteiger partial charge in [0.05, 0.1) is 10.2 Å². The topological polar surface area (TPSA) is 36.4 Å². The number of aryl methyl sites for hydroxylation is 2. The van der Waals surface area contributed by atoms with Gasteiger partial charge in [-0.2, -0.15) is 0 Å². The smallest absolute Gasteiger partial charge is 0.260 e. The summed E-state index contributed by atoms with van der Waals surface area (Å²) in [6.45, 7) is 5.29. The maximum atomic E-state index is 13.6. The SMILES string of the molecule is Cc1cc2nc(N(CCN(C)C)C(=O)c3cccc(F)c3)sc2cc1C. The van der Waals surface area contributed by atoms with Crippen molar-refractivity contribution in [3.8, 4) is 0 Å². The zero-order chi connectivity index (χ0) is 18.8. The minimum Gasteiger partial charge on any atom is -0.308 e. The van der Waals surface area contributed by atoms with Crippen LogP contribution in [-0.2, 0) is 0 Å². The number of hydrogen-bond donors (Lipinski definition) is 0. The van der Waals surface area contributed by atoms with Gasteiger partial charge < -0.3 is 4.90 Å². The fourth-order valence-electron chi connectivity index (χ4n) is 2.64. The predicted octanol–water partition coefficient (Wildman–Crippen LogP) is 4.26. The second kappa shape index (κ2) is 7.51. The first-order valence-corrected chi connectivity index (χ1v) is 9.27. The molecule has 0 saturated heterocycles. The van der Waals surface area contributed by atoms with Gasteiger partial charge in [-0.25, -0.2) is 9.37 Å². The van der Waals surface area contributed by atoms with Gasteiger partial charge in [-0.1, -0.05) is 17.4 Å². The number of anilines is 1. The highest BCUT2D eigenvalue weighted by atomic mass is 32.1. The molecule has 136 valence electrons. The average molecular weight is 371 g/mol. The van der Waals surface area contributed by atoms with Crippen LogP contribution in [0.2, 0.25) is 0 Å². The van der Waals surface area contributed by atoms with E-state index in [9.17, 15) is 9.18 Å². The highest BCUT2D eigenvalue weighted by Crippen LogP contribution is 2.31. The van der Waals surface area contributed by atoms with Gasteiger partial charge in [0.1, 0.15) is 5.82 Å². The van der Waals surface area contributed by atoms with Crippen LogP contribution in [-0.4, -0.2) is 43.0 Å². The summed E-state index contributed by atoms with van der Waals surface area (Å²) in [5.41, 5.74) is 3.58. The van der Waals surface area contributed by atoms with Crippen molar-refractivity contribution < 1.29 is 9.18 Å². The monoisotopic (exact) mass is 371 g/mol. The molecule has 1 heterocycles. The van der Waals surface area contributed by atoms with Crippen molar-refractivity contribution in [3.05, 3.63) is 58.9 Å². The number of likely N-dealkylation sites (N-methyl/N-ethyl adjacent to an activating group) is 1. The number of carbonyl (C=O) groups excluding carboxylic acids is 1. The zero-order valence-electron chi connectivity index (χ0n) is 15.4. The quantitative estimate of drug-likeness (QED) is 0.672. The molecule has 1 amide bonds. The van der Waals surface area contributed by atoms with Crippen LogP contribution in [0.1, 0.15) is 21.5 Å². The highest BCUT2D eigenvalue weighted by Gasteiger charge is 2.22. The van der Waals surface area contributed by atoms with Gasteiger partial charge in [0.15, 0.2) is 5.13 Å². The predicted molar refractivity (Wildman–Crippen MR) is 106 cm³/mol. The van der Waals surface area contributed by atoms with Crippen LogP contribution in [0.25, 0.3) is 10.2 Å². The first-order chi connectivity index (χ1) is 12.3. The molecule has 4 nitrogen and oxygen atoms in total. The molecule has 0 aliphatic heterocycles. The molecule has 2 aromatic carbocycles. The molecular formula is C20H22FN3OS. The summed E-state index contributed by atoms with van der Waals surface area (Å²) in [6.07, 6.45) is 0. The number of amides is 1. The molecule has 3 rings (SSSR count). The standard InChI is InChI=1S/C20H22FN3OS/c1-13-10-17-18(11-14(13)2)26-20(22-17)24(9-8-23(3)4)19(25)15-6-5-7-16(21)12-15/h5-7,10-12H,8-9H2,1-4H3. The number of nitrogens with zero attached hydrogens (tertiary/aromatic N) is 3. The van der Waals surface area contributed by atoms with E-state index in [1.54, 1.807) is 17.0 Å². The summed E-state index contributed by atoms with van der Waals surface area (Å²) in [4.78, 5) is 21.4. The molecule has 3 aromatic rings. The third kappa shape index (κ3) is 3.92. The Morgan fingerprint density at radius 3 is 2.54 bits per heavy atom. The van der Waals surface area contributed by atoms with E-state index in [2.05, 4.69) is 24.9 Å². The first kappa shape index (κ1) is 18.5. The Balaban J connectivity index is 2.01. The molecular weight excluding hydrogens is 349 g/mol. The molecule has 26 heavy (non-hydrogen) atoms. The Bertz CT molecular complexity index is 912. The molecule has 0 unspecified atom stereocenters. The van der Waals surface area contributed by atoms with Gasteiger partial charge in [-0.05, 0) is 69.4 Å². The fourth-order valence-corrected chi connectivity index (χ4v) is 3.71. The van der Waals surface area contributed by atoms with Crippen LogP contribution in [0.4, 0.5) is 9.52 Å². The normalized spacial score (nSPS) is 11.3. The number of thiazole rings is 1. The maximum absolute atomic E-state index is 13.6. The van der Waals surface area contributed by atoms with Crippen molar-refractivity contribution in [2.75, 3.05) is 32.1 Å². The number of aromatic nitrogens is 1. The Morgan fingerprint density at radius 2 is 1.85 bits per heavy atom. The van der Waals surface area contributed by atoms with E-state index in [1.807, 2.05) is 25.1 Å².